The van der Waals surface area contributed by atoms with Crippen LogP contribution in [0.25, 0.3) is 0 Å². The van der Waals surface area contributed by atoms with Crippen molar-refractivity contribution in [2.45, 2.75) is 45.2 Å². The largest absolute Gasteiger partial charge is 0.494 e. The lowest BCUT2D eigenvalue weighted by Crippen LogP contribution is -2.40. The van der Waals surface area contributed by atoms with Crippen LogP contribution in [0.5, 0.6) is 17.2 Å². The van der Waals surface area contributed by atoms with E-state index in [9.17, 15) is 13.2 Å². The summed E-state index contributed by atoms with van der Waals surface area (Å²) >= 11 is 0. The van der Waals surface area contributed by atoms with Gasteiger partial charge in [0.2, 0.25) is 0 Å². The summed E-state index contributed by atoms with van der Waals surface area (Å²) in [5, 5.41) is 0. The Labute approximate surface area is 196 Å². The van der Waals surface area contributed by atoms with E-state index in [1.807, 2.05) is 12.1 Å². The van der Waals surface area contributed by atoms with Crippen molar-refractivity contribution in [2.75, 3.05) is 32.3 Å². The maximum Gasteiger partial charge on any atom is 0.254 e. The van der Waals surface area contributed by atoms with Crippen molar-refractivity contribution in [1.82, 2.24) is 4.90 Å². The van der Waals surface area contributed by atoms with Gasteiger partial charge in [0.15, 0.2) is 21.3 Å². The molecule has 0 saturated carbocycles. The molecular formula is C25H33NO6S. The number of hydrogen-bond donors (Lipinski definition) is 0. The molecule has 180 valence electrons. The van der Waals surface area contributed by atoms with Gasteiger partial charge in [-0.2, -0.15) is 0 Å². The summed E-state index contributed by atoms with van der Waals surface area (Å²) < 4.78 is 40.7. The molecule has 3 rings (SSSR count). The fourth-order valence-electron chi connectivity index (χ4n) is 3.97. The van der Waals surface area contributed by atoms with Crippen LogP contribution in [0.2, 0.25) is 0 Å². The van der Waals surface area contributed by atoms with Gasteiger partial charge in [-0.05, 0) is 54.8 Å². The second-order valence-electron chi connectivity index (χ2n) is 8.26. The van der Waals surface area contributed by atoms with Crippen molar-refractivity contribution in [3.05, 3.63) is 53.6 Å². The molecule has 0 bridgehead atoms. The molecule has 1 amide bonds. The van der Waals surface area contributed by atoms with E-state index in [4.69, 9.17) is 14.2 Å². The number of unbranched alkanes of at least 4 members (excludes halogenated alkanes) is 2. The van der Waals surface area contributed by atoms with Gasteiger partial charge >= 0.3 is 0 Å². The lowest BCUT2D eigenvalue weighted by atomic mass is 10.1. The summed E-state index contributed by atoms with van der Waals surface area (Å²) in [7, 11) is -0.0334. The van der Waals surface area contributed by atoms with Gasteiger partial charge in [0.25, 0.3) is 5.91 Å². The Balaban J connectivity index is 1.80. The lowest BCUT2D eigenvalue weighted by molar-refractivity contribution is 0.0680. The molecule has 0 aliphatic carbocycles. The number of benzene rings is 2. The zero-order valence-corrected chi connectivity index (χ0v) is 20.4. The van der Waals surface area contributed by atoms with Gasteiger partial charge in [-0.25, -0.2) is 8.42 Å². The van der Waals surface area contributed by atoms with Gasteiger partial charge in [-0.1, -0.05) is 25.8 Å². The van der Waals surface area contributed by atoms with Crippen LogP contribution in [0.1, 0.15) is 48.5 Å². The number of methoxy groups -OCH3 is 2. The highest BCUT2D eigenvalue weighted by Gasteiger charge is 2.35. The summed E-state index contributed by atoms with van der Waals surface area (Å²) in [6, 6.07) is 12.1. The van der Waals surface area contributed by atoms with E-state index in [-0.39, 0.29) is 30.0 Å². The molecule has 8 heteroatoms. The molecule has 0 aromatic heterocycles. The van der Waals surface area contributed by atoms with Crippen molar-refractivity contribution in [3.8, 4) is 17.2 Å². The van der Waals surface area contributed by atoms with Crippen molar-refractivity contribution < 1.29 is 27.4 Å². The number of hydrogen-bond acceptors (Lipinski definition) is 6. The predicted molar refractivity (Wildman–Crippen MR) is 128 cm³/mol. The molecule has 7 nitrogen and oxygen atoms in total. The monoisotopic (exact) mass is 475 g/mol. The molecule has 33 heavy (non-hydrogen) atoms. The molecular weight excluding hydrogens is 442 g/mol. The molecule has 0 radical (unpaired) electrons. The first-order chi connectivity index (χ1) is 15.9. The zero-order valence-electron chi connectivity index (χ0n) is 19.6. The van der Waals surface area contributed by atoms with E-state index in [0.717, 1.165) is 30.6 Å². The van der Waals surface area contributed by atoms with Gasteiger partial charge in [0, 0.05) is 18.2 Å². The summed E-state index contributed by atoms with van der Waals surface area (Å²) in [5.74, 6) is 1.74. The highest BCUT2D eigenvalue weighted by Crippen LogP contribution is 2.30. The highest BCUT2D eigenvalue weighted by molar-refractivity contribution is 7.91. The second-order valence-corrected chi connectivity index (χ2v) is 10.5. The Kier molecular flexibility index (Phi) is 8.61. The van der Waals surface area contributed by atoms with E-state index in [2.05, 4.69) is 6.92 Å². The minimum Gasteiger partial charge on any atom is -0.494 e. The lowest BCUT2D eigenvalue weighted by Gasteiger charge is -2.29. The van der Waals surface area contributed by atoms with Crippen LogP contribution >= 0.6 is 0 Å². The molecule has 1 saturated heterocycles. The van der Waals surface area contributed by atoms with Crippen LogP contribution in [0.3, 0.4) is 0 Å². The average Bonchev–Trinajstić information content (AvgIpc) is 3.19. The number of rotatable bonds is 11. The molecule has 1 aliphatic heterocycles. The maximum absolute atomic E-state index is 13.5. The van der Waals surface area contributed by atoms with Gasteiger partial charge < -0.3 is 19.1 Å². The van der Waals surface area contributed by atoms with Crippen molar-refractivity contribution >= 4 is 15.7 Å². The highest BCUT2D eigenvalue weighted by atomic mass is 32.2. The minimum atomic E-state index is -3.15. The van der Waals surface area contributed by atoms with Crippen molar-refractivity contribution in [2.24, 2.45) is 0 Å². The molecule has 1 aliphatic rings. The molecule has 0 N–H and O–H groups in total. The molecule has 1 fully saturated rings. The van der Waals surface area contributed by atoms with E-state index in [1.54, 1.807) is 49.5 Å². The van der Waals surface area contributed by atoms with E-state index in [0.29, 0.717) is 30.1 Å². The number of carbonyl (C=O) groups excluding carboxylic acids is 1. The van der Waals surface area contributed by atoms with Crippen LogP contribution in [-0.4, -0.2) is 57.6 Å². The van der Waals surface area contributed by atoms with Crippen molar-refractivity contribution in [1.29, 1.82) is 0 Å². The first-order valence-electron chi connectivity index (χ1n) is 11.3. The number of carbonyl (C=O) groups is 1. The number of amides is 1. The molecule has 2 aromatic carbocycles. The topological polar surface area (TPSA) is 82.1 Å². The molecule has 1 unspecified atom stereocenters. The molecule has 2 aromatic rings. The number of ether oxygens (including phenoxy) is 3. The van der Waals surface area contributed by atoms with Crippen LogP contribution in [0.15, 0.2) is 42.5 Å². The normalized spacial score (nSPS) is 16.9. The van der Waals surface area contributed by atoms with Gasteiger partial charge in [0.1, 0.15) is 5.75 Å². The Morgan fingerprint density at radius 3 is 2.36 bits per heavy atom. The van der Waals surface area contributed by atoms with Crippen LogP contribution in [0.4, 0.5) is 0 Å². The zero-order chi connectivity index (χ0) is 23.8. The molecule has 1 atom stereocenters. The fraction of sp³-hybridized carbons (Fsp3) is 0.480. The summed E-state index contributed by atoms with van der Waals surface area (Å²) in [6.07, 6.45) is 3.67. The summed E-state index contributed by atoms with van der Waals surface area (Å²) in [5.41, 5.74) is 1.34. The first kappa shape index (κ1) is 24.9. The second kappa shape index (κ2) is 11.4. The van der Waals surface area contributed by atoms with Crippen LogP contribution in [-0.2, 0) is 16.4 Å². The van der Waals surface area contributed by atoms with E-state index >= 15 is 0 Å². The van der Waals surface area contributed by atoms with Crippen LogP contribution in [0, 0.1) is 0 Å². The Morgan fingerprint density at radius 2 is 1.76 bits per heavy atom. The molecule has 0 spiro atoms. The number of sulfone groups is 1. The smallest absolute Gasteiger partial charge is 0.254 e. The third-order valence-corrected chi connectivity index (χ3v) is 7.58. The van der Waals surface area contributed by atoms with E-state index < -0.39 is 9.84 Å². The Bertz CT molecular complexity index is 1040. The SMILES string of the molecule is CCCCCOc1ccc(C(=O)N(Cc2ccc(OC)c(OC)c2)C2CCS(=O)(=O)C2)cc1. The van der Waals surface area contributed by atoms with Gasteiger partial charge in [-0.3, -0.25) is 4.79 Å². The molecule has 1 heterocycles. The predicted octanol–water partition coefficient (Wildman–Crippen LogP) is 4.10. The Morgan fingerprint density at radius 1 is 1.03 bits per heavy atom. The summed E-state index contributed by atoms with van der Waals surface area (Å²) in [4.78, 5) is 15.1. The minimum absolute atomic E-state index is 0.0232. The van der Waals surface area contributed by atoms with Gasteiger partial charge in [0.05, 0.1) is 32.3 Å². The summed E-state index contributed by atoms with van der Waals surface area (Å²) in [6.45, 7) is 3.06. The Hall–Kier alpha value is -2.74. The third-order valence-electron chi connectivity index (χ3n) is 5.83. The van der Waals surface area contributed by atoms with E-state index in [1.165, 1.54) is 0 Å². The van der Waals surface area contributed by atoms with Crippen LogP contribution < -0.4 is 14.2 Å². The first-order valence-corrected chi connectivity index (χ1v) is 13.1. The number of nitrogens with zero attached hydrogens (tertiary/aromatic N) is 1. The third kappa shape index (κ3) is 6.63. The maximum atomic E-state index is 13.5. The fourth-order valence-corrected chi connectivity index (χ4v) is 5.70. The van der Waals surface area contributed by atoms with Crippen molar-refractivity contribution in [3.63, 3.8) is 0 Å². The average molecular weight is 476 g/mol. The standard InChI is InChI=1S/C25H33NO6S/c1-4-5-6-14-32-22-10-8-20(9-11-22)25(27)26(21-13-15-33(28,29)18-21)17-19-7-12-23(30-2)24(16-19)31-3/h7-12,16,21H,4-6,13-15,17-18H2,1-3H3. The van der Waals surface area contributed by atoms with Gasteiger partial charge in [-0.15, -0.1) is 0 Å². The quantitative estimate of drug-likeness (QED) is 0.455.